The van der Waals surface area contributed by atoms with Gasteiger partial charge in [0, 0.05) is 6.66 Å². The van der Waals surface area contributed by atoms with E-state index in [1.165, 1.54) is 18.0 Å². The molecule has 0 aromatic carbocycles. The van der Waals surface area contributed by atoms with Crippen LogP contribution in [0.2, 0.25) is 0 Å². The number of rotatable bonds is 5. The Kier molecular flexibility index (Phi) is 4.43. The van der Waals surface area contributed by atoms with Crippen LogP contribution in [-0.4, -0.2) is 24.7 Å². The van der Waals surface area contributed by atoms with Crippen molar-refractivity contribution < 1.29 is 13.9 Å². The molecule has 1 aromatic rings. The van der Waals surface area contributed by atoms with Crippen molar-refractivity contribution in [1.29, 1.82) is 5.26 Å². The molecule has 1 heterocycles. The first-order valence-corrected chi connectivity index (χ1v) is 7.74. The van der Waals surface area contributed by atoms with Crippen molar-refractivity contribution in [2.75, 3.05) is 13.3 Å². The van der Waals surface area contributed by atoms with E-state index in [1.807, 2.05) is 0 Å². The number of hydrogen-bond acceptors (Lipinski definition) is 5. The van der Waals surface area contributed by atoms with E-state index in [0.29, 0.717) is 4.88 Å². The third-order valence-electron chi connectivity index (χ3n) is 1.99. The van der Waals surface area contributed by atoms with Crippen molar-refractivity contribution in [1.82, 2.24) is 0 Å². The van der Waals surface area contributed by atoms with Crippen molar-refractivity contribution in [2.24, 2.45) is 0 Å². The molecule has 0 fully saturated rings. The van der Waals surface area contributed by atoms with Crippen molar-refractivity contribution in [3.05, 3.63) is 22.4 Å². The van der Waals surface area contributed by atoms with Gasteiger partial charge in [0.25, 0.3) is 0 Å². The van der Waals surface area contributed by atoms with E-state index in [0.717, 1.165) is 0 Å². The smallest absolute Gasteiger partial charge is 0.224 e. The lowest BCUT2D eigenvalue weighted by Crippen LogP contribution is -2.19. The summed E-state index contributed by atoms with van der Waals surface area (Å²) in [6.07, 6.45) is 0. The molecule has 0 radical (unpaired) electrons. The van der Waals surface area contributed by atoms with Gasteiger partial charge in [0.2, 0.25) is 7.37 Å². The van der Waals surface area contributed by atoms with Crippen molar-refractivity contribution in [2.45, 2.75) is 12.6 Å². The van der Waals surface area contributed by atoms with Crippen LogP contribution in [0.1, 0.15) is 16.6 Å². The molecule has 4 nitrogen and oxygen atoms in total. The fraction of sp³-hybridized carbons (Fsp3) is 0.400. The Hall–Kier alpha value is -0.950. The maximum Gasteiger partial charge on any atom is 0.224 e. The Bertz CT molecular complexity index is 449. The van der Waals surface area contributed by atoms with Crippen LogP contribution < -0.4 is 0 Å². The average Bonchev–Trinajstić information content (AvgIpc) is 2.70. The van der Waals surface area contributed by atoms with Crippen LogP contribution in [0.5, 0.6) is 0 Å². The summed E-state index contributed by atoms with van der Waals surface area (Å²) in [7, 11) is -3.20. The summed E-state index contributed by atoms with van der Waals surface area (Å²) in [5, 5.41) is 10.7. The second-order valence-electron chi connectivity index (χ2n) is 3.20. The minimum atomic E-state index is -3.20. The summed E-state index contributed by atoms with van der Waals surface area (Å²) < 4.78 is 17.0. The van der Waals surface area contributed by atoms with Crippen LogP contribution >= 0.6 is 18.7 Å². The van der Waals surface area contributed by atoms with Crippen LogP contribution in [0.25, 0.3) is 0 Å². The van der Waals surface area contributed by atoms with E-state index in [9.17, 15) is 9.36 Å². The summed E-state index contributed by atoms with van der Waals surface area (Å²) in [5.74, 6) is -0.420. The van der Waals surface area contributed by atoms with Crippen LogP contribution in [-0.2, 0) is 9.09 Å². The van der Waals surface area contributed by atoms with Crippen LogP contribution in [0, 0.1) is 11.3 Å². The summed E-state index contributed by atoms with van der Waals surface area (Å²) in [5.41, 5.74) is -1.20. The van der Waals surface area contributed by atoms with Crippen molar-refractivity contribution in [3.8, 4) is 6.07 Å². The van der Waals surface area contributed by atoms with Gasteiger partial charge in [0.05, 0.1) is 17.6 Å². The first kappa shape index (κ1) is 13.1. The van der Waals surface area contributed by atoms with Gasteiger partial charge in [-0.25, -0.2) is 0 Å². The lowest BCUT2D eigenvalue weighted by Gasteiger charge is -2.16. The molecular formula is C10H12NO3PS. The SMILES string of the molecule is CCO[P@](C)(=O)[C@@H](C#N)C(=O)c1cccs1. The topological polar surface area (TPSA) is 67.2 Å². The molecule has 16 heavy (non-hydrogen) atoms. The Labute approximate surface area is 98.3 Å². The Morgan fingerprint density at radius 2 is 2.44 bits per heavy atom. The van der Waals surface area contributed by atoms with Gasteiger partial charge in [0.1, 0.15) is 0 Å². The highest BCUT2D eigenvalue weighted by Crippen LogP contribution is 2.49. The zero-order valence-electron chi connectivity index (χ0n) is 9.04. The quantitative estimate of drug-likeness (QED) is 0.600. The maximum absolute atomic E-state index is 12.0. The van der Waals surface area contributed by atoms with Gasteiger partial charge in [-0.1, -0.05) is 6.07 Å². The third-order valence-corrected chi connectivity index (χ3v) is 4.93. The standard InChI is InChI=1S/C10H12NO3PS/c1-3-14-15(2,13)8(7-11)10(12)9-5-4-6-16-9/h4-6,8H,3H2,1-2H3/t8-,15-/m0/s1. The first-order chi connectivity index (χ1) is 7.53. The van der Waals surface area contributed by atoms with E-state index in [1.54, 1.807) is 30.5 Å². The minimum absolute atomic E-state index is 0.226. The predicted octanol–water partition coefficient (Wildman–Crippen LogP) is 2.77. The molecule has 2 atom stereocenters. The maximum atomic E-state index is 12.0. The number of nitrogens with zero attached hydrogens (tertiary/aromatic N) is 1. The molecule has 0 unspecified atom stereocenters. The van der Waals surface area contributed by atoms with E-state index >= 15 is 0 Å². The zero-order chi connectivity index (χ0) is 12.2. The minimum Gasteiger partial charge on any atom is -0.328 e. The summed E-state index contributed by atoms with van der Waals surface area (Å²) in [6, 6.07) is 5.11. The number of thiophene rings is 1. The van der Waals surface area contributed by atoms with Gasteiger partial charge in [-0.3, -0.25) is 9.36 Å². The molecule has 0 spiro atoms. The van der Waals surface area contributed by atoms with E-state index < -0.39 is 18.8 Å². The Balaban J connectivity index is 2.97. The fourth-order valence-electron chi connectivity index (χ4n) is 1.26. The zero-order valence-corrected chi connectivity index (χ0v) is 10.8. The molecule has 86 valence electrons. The highest BCUT2D eigenvalue weighted by Gasteiger charge is 2.36. The van der Waals surface area contributed by atoms with Crippen LogP contribution in [0.4, 0.5) is 0 Å². The molecule has 1 rings (SSSR count). The largest absolute Gasteiger partial charge is 0.328 e. The Morgan fingerprint density at radius 1 is 1.75 bits per heavy atom. The molecule has 0 aliphatic carbocycles. The summed E-state index contributed by atoms with van der Waals surface area (Å²) in [6.45, 7) is 3.24. The predicted molar refractivity (Wildman–Crippen MR) is 63.2 cm³/mol. The second kappa shape index (κ2) is 5.40. The molecule has 1 aromatic heterocycles. The highest BCUT2D eigenvalue weighted by molar-refractivity contribution is 7.60. The molecule has 0 aliphatic rings. The normalized spacial score (nSPS) is 16.1. The average molecular weight is 257 g/mol. The lowest BCUT2D eigenvalue weighted by atomic mass is 10.2. The number of hydrogen-bond donors (Lipinski definition) is 0. The molecule has 0 bridgehead atoms. The fourth-order valence-corrected chi connectivity index (χ4v) is 3.48. The molecule has 0 saturated carbocycles. The third kappa shape index (κ3) is 2.79. The van der Waals surface area contributed by atoms with Gasteiger partial charge in [0.15, 0.2) is 11.4 Å². The van der Waals surface area contributed by atoms with E-state index in [2.05, 4.69) is 0 Å². The van der Waals surface area contributed by atoms with Gasteiger partial charge in [-0.05, 0) is 18.4 Å². The molecule has 0 saturated heterocycles. The van der Waals surface area contributed by atoms with E-state index in [4.69, 9.17) is 9.79 Å². The number of carbonyl (C=O) groups is 1. The molecular weight excluding hydrogens is 245 g/mol. The van der Waals surface area contributed by atoms with Gasteiger partial charge in [-0.2, -0.15) is 5.26 Å². The van der Waals surface area contributed by atoms with Crippen molar-refractivity contribution >= 4 is 24.5 Å². The number of Topliss-reactive ketones (excluding diaryl/α,β-unsaturated/α-hetero) is 1. The lowest BCUT2D eigenvalue weighted by molar-refractivity contribution is 0.1000. The van der Waals surface area contributed by atoms with Crippen LogP contribution in [0.3, 0.4) is 0 Å². The summed E-state index contributed by atoms with van der Waals surface area (Å²) >= 11 is 1.23. The summed E-state index contributed by atoms with van der Waals surface area (Å²) in [4.78, 5) is 12.3. The number of carbonyl (C=O) groups excluding carboxylic acids is 1. The van der Waals surface area contributed by atoms with Crippen LogP contribution in [0.15, 0.2) is 17.5 Å². The molecule has 0 aliphatic heterocycles. The molecule has 0 N–H and O–H groups in total. The highest BCUT2D eigenvalue weighted by atomic mass is 32.1. The molecule has 6 heteroatoms. The van der Waals surface area contributed by atoms with Gasteiger partial charge < -0.3 is 4.52 Å². The number of nitriles is 1. The van der Waals surface area contributed by atoms with Gasteiger partial charge in [-0.15, -0.1) is 11.3 Å². The van der Waals surface area contributed by atoms with Gasteiger partial charge >= 0.3 is 0 Å². The Morgan fingerprint density at radius 3 is 2.88 bits per heavy atom. The monoisotopic (exact) mass is 257 g/mol. The number of ketones is 1. The first-order valence-electron chi connectivity index (χ1n) is 4.72. The van der Waals surface area contributed by atoms with Crippen molar-refractivity contribution in [3.63, 3.8) is 0 Å². The van der Waals surface area contributed by atoms with E-state index in [-0.39, 0.29) is 6.61 Å². The second-order valence-corrected chi connectivity index (χ2v) is 6.74. The molecule has 0 amide bonds.